The van der Waals surface area contributed by atoms with Crippen LogP contribution in [0.2, 0.25) is 10.0 Å². The van der Waals surface area contributed by atoms with Gasteiger partial charge in [-0.15, -0.1) is 0 Å². The average Bonchev–Trinajstić information content (AvgIpc) is 2.21. The molecule has 3 nitrogen and oxygen atoms in total. The van der Waals surface area contributed by atoms with Gasteiger partial charge in [-0.3, -0.25) is 4.79 Å². The van der Waals surface area contributed by atoms with E-state index in [0.29, 0.717) is 10.6 Å². The van der Waals surface area contributed by atoms with Gasteiger partial charge in [-0.25, -0.2) is 4.39 Å². The number of amides is 1. The van der Waals surface area contributed by atoms with Crippen LogP contribution in [0.5, 0.6) is 0 Å². The van der Waals surface area contributed by atoms with Crippen LogP contribution in [0.3, 0.4) is 0 Å². The molecule has 1 rings (SSSR count). The molecule has 18 heavy (non-hydrogen) atoms. The fourth-order valence-corrected chi connectivity index (χ4v) is 2.09. The molecule has 1 amide bonds. The molecule has 0 aliphatic heterocycles. The van der Waals surface area contributed by atoms with E-state index in [-0.39, 0.29) is 23.4 Å². The summed E-state index contributed by atoms with van der Waals surface area (Å²) in [7, 11) is 0. The molecule has 0 bridgehead atoms. The van der Waals surface area contributed by atoms with E-state index in [0.717, 1.165) is 0 Å². The number of nitrogens with two attached hydrogens (primary N) is 1. The second-order valence-corrected chi connectivity index (χ2v) is 5.07. The van der Waals surface area contributed by atoms with Crippen LogP contribution < -0.4 is 11.1 Å². The lowest BCUT2D eigenvalue weighted by Gasteiger charge is -2.17. The van der Waals surface area contributed by atoms with E-state index in [2.05, 4.69) is 5.32 Å². The summed E-state index contributed by atoms with van der Waals surface area (Å²) in [5, 5.41) is 2.97. The normalized spacial score (nSPS) is 14.1. The van der Waals surface area contributed by atoms with Gasteiger partial charge in [-0.05, 0) is 31.5 Å². The molecule has 0 aromatic heterocycles. The van der Waals surface area contributed by atoms with Gasteiger partial charge < -0.3 is 11.1 Å². The minimum absolute atomic E-state index is 0.0437. The van der Waals surface area contributed by atoms with Crippen molar-refractivity contribution in [1.82, 2.24) is 5.32 Å². The van der Waals surface area contributed by atoms with Crippen LogP contribution in [0, 0.1) is 5.82 Å². The molecular weight excluding hydrogens is 278 g/mol. The van der Waals surface area contributed by atoms with E-state index < -0.39 is 11.9 Å². The summed E-state index contributed by atoms with van der Waals surface area (Å²) in [6.45, 7) is 3.45. The molecule has 2 atom stereocenters. The molecule has 1 aromatic rings. The lowest BCUT2D eigenvalue weighted by atomic mass is 10.1. The summed E-state index contributed by atoms with van der Waals surface area (Å²) in [6, 6.07) is 1.91. The van der Waals surface area contributed by atoms with Crippen LogP contribution in [-0.4, -0.2) is 11.9 Å². The van der Waals surface area contributed by atoms with Gasteiger partial charge in [0.2, 0.25) is 5.91 Å². The first-order valence-electron chi connectivity index (χ1n) is 5.50. The molecule has 0 fully saturated rings. The van der Waals surface area contributed by atoms with E-state index in [1.807, 2.05) is 0 Å². The van der Waals surface area contributed by atoms with Crippen molar-refractivity contribution in [3.8, 4) is 0 Å². The predicted molar refractivity (Wildman–Crippen MR) is 71.2 cm³/mol. The van der Waals surface area contributed by atoms with Crippen molar-refractivity contribution in [2.75, 3.05) is 0 Å². The maximum Gasteiger partial charge on any atom is 0.222 e. The SMILES string of the molecule is CC(N)CC(=O)NC(C)c1cc(F)c(Cl)cc1Cl. The summed E-state index contributed by atoms with van der Waals surface area (Å²) in [5.41, 5.74) is 6.00. The summed E-state index contributed by atoms with van der Waals surface area (Å²) >= 11 is 11.6. The minimum atomic E-state index is -0.565. The van der Waals surface area contributed by atoms with Crippen LogP contribution in [0.25, 0.3) is 0 Å². The number of benzene rings is 1. The van der Waals surface area contributed by atoms with Crippen molar-refractivity contribution in [3.05, 3.63) is 33.6 Å². The van der Waals surface area contributed by atoms with E-state index >= 15 is 0 Å². The number of hydrogen-bond acceptors (Lipinski definition) is 2. The highest BCUT2D eigenvalue weighted by atomic mass is 35.5. The Kier molecular flexibility index (Phi) is 5.38. The summed E-state index contributed by atoms with van der Waals surface area (Å²) < 4.78 is 13.3. The zero-order valence-corrected chi connectivity index (χ0v) is 11.6. The van der Waals surface area contributed by atoms with Gasteiger partial charge in [-0.1, -0.05) is 23.2 Å². The Balaban J connectivity index is 2.81. The third-order valence-electron chi connectivity index (χ3n) is 2.39. The average molecular weight is 293 g/mol. The third-order valence-corrected chi connectivity index (χ3v) is 3.01. The lowest BCUT2D eigenvalue weighted by molar-refractivity contribution is -0.122. The van der Waals surface area contributed by atoms with Gasteiger partial charge in [-0.2, -0.15) is 0 Å². The van der Waals surface area contributed by atoms with Crippen molar-refractivity contribution in [2.45, 2.75) is 32.4 Å². The summed E-state index contributed by atoms with van der Waals surface area (Å²) in [6.07, 6.45) is 0.206. The molecule has 0 saturated heterocycles. The minimum Gasteiger partial charge on any atom is -0.349 e. The van der Waals surface area contributed by atoms with E-state index in [1.165, 1.54) is 12.1 Å². The maximum absolute atomic E-state index is 13.3. The topological polar surface area (TPSA) is 55.1 Å². The Hall–Kier alpha value is -0.840. The third kappa shape index (κ3) is 4.12. The summed E-state index contributed by atoms with van der Waals surface area (Å²) in [5.74, 6) is -0.770. The molecule has 100 valence electrons. The monoisotopic (exact) mass is 292 g/mol. The Bertz CT molecular complexity index is 452. The number of hydrogen-bond donors (Lipinski definition) is 2. The van der Waals surface area contributed by atoms with Gasteiger partial charge in [0.25, 0.3) is 0 Å². The maximum atomic E-state index is 13.3. The highest BCUT2D eigenvalue weighted by molar-refractivity contribution is 6.35. The van der Waals surface area contributed by atoms with Crippen molar-refractivity contribution in [1.29, 1.82) is 0 Å². The number of carbonyl (C=O) groups excluding carboxylic acids is 1. The van der Waals surface area contributed by atoms with E-state index in [4.69, 9.17) is 28.9 Å². The second-order valence-electron chi connectivity index (χ2n) is 4.26. The standard InChI is InChI=1S/C12H15Cl2FN2O/c1-6(16)3-12(18)17-7(2)8-4-11(15)10(14)5-9(8)13/h4-7H,3,16H2,1-2H3,(H,17,18). The van der Waals surface area contributed by atoms with Crippen LogP contribution in [-0.2, 0) is 4.79 Å². The smallest absolute Gasteiger partial charge is 0.222 e. The number of nitrogens with one attached hydrogen (secondary N) is 1. The second kappa shape index (κ2) is 6.36. The first kappa shape index (κ1) is 15.2. The van der Waals surface area contributed by atoms with Crippen LogP contribution in [0.15, 0.2) is 12.1 Å². The van der Waals surface area contributed by atoms with Crippen LogP contribution in [0.1, 0.15) is 31.9 Å². The van der Waals surface area contributed by atoms with Crippen LogP contribution in [0.4, 0.5) is 4.39 Å². The molecule has 3 N–H and O–H groups in total. The van der Waals surface area contributed by atoms with Gasteiger partial charge in [0.1, 0.15) is 5.82 Å². The molecule has 0 aliphatic carbocycles. The van der Waals surface area contributed by atoms with E-state index in [9.17, 15) is 9.18 Å². The zero-order chi connectivity index (χ0) is 13.9. The quantitative estimate of drug-likeness (QED) is 0.838. The highest BCUT2D eigenvalue weighted by Crippen LogP contribution is 2.28. The van der Waals surface area contributed by atoms with E-state index in [1.54, 1.807) is 13.8 Å². The molecule has 0 heterocycles. The fourth-order valence-electron chi connectivity index (χ4n) is 1.54. The molecule has 0 aliphatic rings. The van der Waals surface area contributed by atoms with Crippen molar-refractivity contribution < 1.29 is 9.18 Å². The molecular formula is C12H15Cl2FN2O. The van der Waals surface area contributed by atoms with Crippen molar-refractivity contribution in [3.63, 3.8) is 0 Å². The Morgan fingerprint density at radius 1 is 1.39 bits per heavy atom. The predicted octanol–water partition coefficient (Wildman–Crippen LogP) is 3.05. The lowest BCUT2D eigenvalue weighted by Crippen LogP contribution is -2.31. The molecule has 6 heteroatoms. The largest absolute Gasteiger partial charge is 0.349 e. The fraction of sp³-hybridized carbons (Fsp3) is 0.417. The molecule has 0 radical (unpaired) electrons. The van der Waals surface area contributed by atoms with Gasteiger partial charge in [0, 0.05) is 17.5 Å². The molecule has 2 unspecified atom stereocenters. The van der Waals surface area contributed by atoms with Gasteiger partial charge in [0.15, 0.2) is 0 Å². The molecule has 0 spiro atoms. The van der Waals surface area contributed by atoms with Gasteiger partial charge in [0.05, 0.1) is 11.1 Å². The zero-order valence-electron chi connectivity index (χ0n) is 10.1. The first-order valence-corrected chi connectivity index (χ1v) is 6.26. The molecule has 0 saturated carbocycles. The van der Waals surface area contributed by atoms with Crippen LogP contribution >= 0.6 is 23.2 Å². The van der Waals surface area contributed by atoms with Gasteiger partial charge >= 0.3 is 0 Å². The Morgan fingerprint density at radius 2 is 2.00 bits per heavy atom. The van der Waals surface area contributed by atoms with Crippen molar-refractivity contribution >= 4 is 29.1 Å². The first-order chi connectivity index (χ1) is 8.31. The number of rotatable bonds is 4. The highest BCUT2D eigenvalue weighted by Gasteiger charge is 2.16. The number of carbonyl (C=O) groups is 1. The Labute approximate surface area is 115 Å². The molecule has 1 aromatic carbocycles. The van der Waals surface area contributed by atoms with Crippen molar-refractivity contribution in [2.24, 2.45) is 5.73 Å². The Morgan fingerprint density at radius 3 is 2.56 bits per heavy atom. The summed E-state index contributed by atoms with van der Waals surface area (Å²) in [4.78, 5) is 11.5. The number of halogens is 3.